The van der Waals surface area contributed by atoms with Crippen molar-refractivity contribution in [1.82, 2.24) is 4.90 Å². The molecule has 2 aliphatic rings. The van der Waals surface area contributed by atoms with Crippen molar-refractivity contribution in [2.45, 2.75) is 17.7 Å². The van der Waals surface area contributed by atoms with Gasteiger partial charge in [0.1, 0.15) is 6.54 Å². The summed E-state index contributed by atoms with van der Waals surface area (Å²) in [4.78, 5) is 42.3. The van der Waals surface area contributed by atoms with Gasteiger partial charge in [-0.1, -0.05) is 53.7 Å². The van der Waals surface area contributed by atoms with Crippen molar-refractivity contribution in [2.75, 3.05) is 24.5 Å². The number of rotatable bonds is 4. The van der Waals surface area contributed by atoms with Gasteiger partial charge < -0.3 is 10.6 Å². The zero-order valence-corrected chi connectivity index (χ0v) is 18.4. The summed E-state index contributed by atoms with van der Waals surface area (Å²) in [6.07, 6.45) is 2.87. The van der Waals surface area contributed by atoms with Crippen LogP contribution in [0.15, 0.2) is 58.3 Å². The third kappa shape index (κ3) is 4.62. The highest BCUT2D eigenvalue weighted by atomic mass is 35.5. The zero-order chi connectivity index (χ0) is 22.0. The van der Waals surface area contributed by atoms with Gasteiger partial charge in [-0.15, -0.1) is 0 Å². The quantitative estimate of drug-likeness (QED) is 0.714. The molecule has 4 rings (SSSR count). The summed E-state index contributed by atoms with van der Waals surface area (Å²) in [6.45, 7) is 0.873. The first-order valence-electron chi connectivity index (χ1n) is 10.1. The zero-order valence-electron chi connectivity index (χ0n) is 16.8. The second-order valence-corrected chi connectivity index (χ2v) is 9.04. The third-order valence-electron chi connectivity index (χ3n) is 5.57. The molecule has 31 heavy (non-hydrogen) atoms. The highest BCUT2D eigenvalue weighted by molar-refractivity contribution is 8.04. The summed E-state index contributed by atoms with van der Waals surface area (Å²) < 4.78 is 0. The van der Waals surface area contributed by atoms with Crippen molar-refractivity contribution in [1.29, 1.82) is 0 Å². The Hall–Kier alpha value is -2.77. The summed E-state index contributed by atoms with van der Waals surface area (Å²) in [5, 5.41) is 0.558. The Bertz CT molecular complexity index is 1060. The van der Waals surface area contributed by atoms with Gasteiger partial charge in [0.2, 0.25) is 11.8 Å². The Morgan fingerprint density at radius 2 is 1.77 bits per heavy atom. The van der Waals surface area contributed by atoms with Gasteiger partial charge in [0.15, 0.2) is 0 Å². The Kier molecular flexibility index (Phi) is 6.34. The van der Waals surface area contributed by atoms with E-state index in [2.05, 4.69) is 0 Å². The lowest BCUT2D eigenvalue weighted by Crippen LogP contribution is -2.48. The lowest BCUT2D eigenvalue weighted by atomic mass is 9.96. The topological polar surface area (TPSA) is 83.7 Å². The number of thioether (sulfide) groups is 1. The number of hydrogen-bond donors (Lipinski definition) is 1. The van der Waals surface area contributed by atoms with E-state index in [4.69, 9.17) is 17.3 Å². The number of halogens is 1. The minimum absolute atomic E-state index is 0.0580. The van der Waals surface area contributed by atoms with Crippen LogP contribution in [0.5, 0.6) is 0 Å². The van der Waals surface area contributed by atoms with Crippen molar-refractivity contribution < 1.29 is 14.4 Å². The number of hydrogen-bond acceptors (Lipinski definition) is 4. The van der Waals surface area contributed by atoms with Crippen molar-refractivity contribution in [3.8, 4) is 0 Å². The Labute approximate surface area is 190 Å². The Morgan fingerprint density at radius 1 is 1.10 bits per heavy atom. The molecule has 0 spiro atoms. The van der Waals surface area contributed by atoms with Gasteiger partial charge in [0.05, 0.1) is 10.6 Å². The number of piperidine rings is 1. The van der Waals surface area contributed by atoms with Crippen LogP contribution in [0.4, 0.5) is 5.69 Å². The molecule has 0 saturated carbocycles. The fourth-order valence-corrected chi connectivity index (χ4v) is 5.04. The van der Waals surface area contributed by atoms with E-state index in [-0.39, 0.29) is 30.2 Å². The Balaban J connectivity index is 1.57. The van der Waals surface area contributed by atoms with Crippen LogP contribution >= 0.6 is 23.4 Å². The smallest absolute Gasteiger partial charge is 0.265 e. The average Bonchev–Trinajstić information content (AvgIpc) is 2.78. The molecule has 0 atom stereocenters. The molecule has 6 nitrogen and oxygen atoms in total. The number of likely N-dealkylation sites (tertiary alicyclic amines) is 1. The van der Waals surface area contributed by atoms with Gasteiger partial charge in [0, 0.05) is 28.9 Å². The number of primary amides is 1. The largest absolute Gasteiger partial charge is 0.369 e. The molecule has 2 aromatic rings. The fourth-order valence-electron chi connectivity index (χ4n) is 3.80. The fraction of sp³-hybridized carbons (Fsp3) is 0.261. The van der Waals surface area contributed by atoms with Gasteiger partial charge in [-0.25, -0.2) is 0 Å². The van der Waals surface area contributed by atoms with Crippen LogP contribution in [0, 0.1) is 5.92 Å². The van der Waals surface area contributed by atoms with E-state index < -0.39 is 0 Å². The van der Waals surface area contributed by atoms with Crippen LogP contribution in [-0.4, -0.2) is 42.3 Å². The normalized spacial score (nSPS) is 18.2. The molecule has 3 amide bonds. The van der Waals surface area contributed by atoms with Gasteiger partial charge in [-0.2, -0.15) is 0 Å². The lowest BCUT2D eigenvalue weighted by molar-refractivity contribution is -0.134. The maximum absolute atomic E-state index is 13.3. The standard InChI is InChI=1S/C23H22ClN3O3S/c24-17-6-2-1-5-16(17)13-20-23(30)27(18-7-3-4-8-19(18)31-20)14-21(28)26-11-9-15(10-12-26)22(25)29/h1-8,13,15H,9-12,14H2,(H2,25,29). The monoisotopic (exact) mass is 455 g/mol. The van der Waals surface area contributed by atoms with E-state index in [1.807, 2.05) is 42.5 Å². The minimum atomic E-state index is -0.321. The molecule has 0 unspecified atom stereocenters. The molecule has 0 radical (unpaired) electrons. The first-order chi connectivity index (χ1) is 14.9. The van der Waals surface area contributed by atoms with Crippen LogP contribution in [-0.2, 0) is 14.4 Å². The second kappa shape index (κ2) is 9.16. The lowest BCUT2D eigenvalue weighted by Gasteiger charge is -2.34. The predicted octanol–water partition coefficient (Wildman–Crippen LogP) is 3.54. The van der Waals surface area contributed by atoms with Crippen LogP contribution in [0.2, 0.25) is 5.02 Å². The average molecular weight is 456 g/mol. The summed E-state index contributed by atoms with van der Waals surface area (Å²) >= 11 is 7.65. The number of amides is 3. The van der Waals surface area contributed by atoms with Gasteiger partial charge in [-0.3, -0.25) is 19.3 Å². The molecule has 8 heteroatoms. The molecule has 0 aromatic heterocycles. The molecule has 0 aliphatic carbocycles. The van der Waals surface area contributed by atoms with E-state index in [1.54, 1.807) is 17.0 Å². The molecule has 2 aromatic carbocycles. The highest BCUT2D eigenvalue weighted by Gasteiger charge is 2.33. The van der Waals surface area contributed by atoms with Crippen molar-refractivity contribution in [3.05, 3.63) is 64.0 Å². The molecular formula is C23H22ClN3O3S. The molecule has 160 valence electrons. The number of carbonyl (C=O) groups is 3. The summed E-state index contributed by atoms with van der Waals surface area (Å²) in [7, 11) is 0. The Morgan fingerprint density at radius 3 is 2.48 bits per heavy atom. The van der Waals surface area contributed by atoms with Gasteiger partial charge in [-0.05, 0) is 42.7 Å². The molecule has 1 saturated heterocycles. The number of nitrogens with two attached hydrogens (primary N) is 1. The number of nitrogens with zero attached hydrogens (tertiary/aromatic N) is 2. The van der Waals surface area contributed by atoms with Crippen molar-refractivity contribution >= 4 is 52.8 Å². The van der Waals surface area contributed by atoms with Crippen molar-refractivity contribution in [2.24, 2.45) is 11.7 Å². The molecular weight excluding hydrogens is 434 g/mol. The minimum Gasteiger partial charge on any atom is -0.369 e. The first kappa shape index (κ1) is 21.5. The summed E-state index contributed by atoms with van der Waals surface area (Å²) in [6, 6.07) is 14.9. The second-order valence-electron chi connectivity index (χ2n) is 7.55. The number of para-hydroxylation sites is 1. The highest BCUT2D eigenvalue weighted by Crippen LogP contribution is 2.42. The van der Waals surface area contributed by atoms with E-state index in [0.29, 0.717) is 41.5 Å². The molecule has 0 bridgehead atoms. The van der Waals surface area contributed by atoms with Gasteiger partial charge in [0.25, 0.3) is 5.91 Å². The SMILES string of the molecule is NC(=O)C1CCN(C(=O)CN2C(=O)C(=Cc3ccccc3Cl)Sc3ccccc32)CC1. The van der Waals surface area contributed by atoms with Gasteiger partial charge >= 0.3 is 0 Å². The molecule has 1 fully saturated rings. The molecule has 2 aliphatic heterocycles. The maximum atomic E-state index is 13.3. The predicted molar refractivity (Wildman–Crippen MR) is 123 cm³/mol. The van der Waals surface area contributed by atoms with Crippen molar-refractivity contribution in [3.63, 3.8) is 0 Å². The molecule has 2 heterocycles. The van der Waals surface area contributed by atoms with Crippen LogP contribution in [0.25, 0.3) is 6.08 Å². The third-order valence-corrected chi connectivity index (χ3v) is 6.99. The number of carbonyl (C=O) groups excluding carboxylic acids is 3. The van der Waals surface area contributed by atoms with E-state index in [0.717, 1.165) is 10.5 Å². The van der Waals surface area contributed by atoms with Crippen LogP contribution in [0.1, 0.15) is 18.4 Å². The van der Waals surface area contributed by atoms with Crippen LogP contribution < -0.4 is 10.6 Å². The molecule has 2 N–H and O–H groups in total. The van der Waals surface area contributed by atoms with E-state index in [1.165, 1.54) is 16.7 Å². The summed E-state index contributed by atoms with van der Waals surface area (Å²) in [5.41, 5.74) is 6.85. The van der Waals surface area contributed by atoms with E-state index >= 15 is 0 Å². The summed E-state index contributed by atoms with van der Waals surface area (Å²) in [5.74, 6) is -0.888. The van der Waals surface area contributed by atoms with Crippen LogP contribution in [0.3, 0.4) is 0 Å². The number of benzene rings is 2. The number of fused-ring (bicyclic) bond motifs is 1. The van der Waals surface area contributed by atoms with E-state index in [9.17, 15) is 14.4 Å². The first-order valence-corrected chi connectivity index (χ1v) is 11.3. The number of anilines is 1. The maximum Gasteiger partial charge on any atom is 0.265 e.